The van der Waals surface area contributed by atoms with Crippen LogP contribution in [0.15, 0.2) is 18.2 Å². The number of halogens is 1. The molecule has 0 aliphatic rings. The summed E-state index contributed by atoms with van der Waals surface area (Å²) in [4.78, 5) is 22.7. The fourth-order valence-electron chi connectivity index (χ4n) is 2.20. The van der Waals surface area contributed by atoms with Crippen LogP contribution in [0.25, 0.3) is 0 Å². The van der Waals surface area contributed by atoms with Gasteiger partial charge in [-0.05, 0) is 36.5 Å². The van der Waals surface area contributed by atoms with Crippen molar-refractivity contribution in [1.29, 1.82) is 0 Å². The molecule has 1 atom stereocenters. The van der Waals surface area contributed by atoms with E-state index in [9.17, 15) is 14.0 Å². The second kappa shape index (κ2) is 7.61. The summed E-state index contributed by atoms with van der Waals surface area (Å²) in [6, 6.07) is 3.84. The predicted molar refractivity (Wildman–Crippen MR) is 78.3 cm³/mol. The smallest absolute Gasteiger partial charge is 0.303 e. The maximum atomic E-state index is 13.6. The molecule has 1 aromatic carbocycles. The number of carbonyl (C=O) groups excluding carboxylic acids is 1. The van der Waals surface area contributed by atoms with Crippen molar-refractivity contribution >= 4 is 17.6 Å². The van der Waals surface area contributed by atoms with E-state index >= 15 is 0 Å². The predicted octanol–water partition coefficient (Wildman–Crippen LogP) is 2.27. The number of nitrogens with two attached hydrogens (primary N) is 1. The first kappa shape index (κ1) is 16.9. The summed E-state index contributed by atoms with van der Waals surface area (Å²) in [7, 11) is 0. The van der Waals surface area contributed by atoms with Gasteiger partial charge in [-0.1, -0.05) is 13.8 Å². The number of hydrogen-bond acceptors (Lipinski definition) is 3. The highest BCUT2D eigenvalue weighted by Gasteiger charge is 2.18. The number of rotatable bonds is 7. The highest BCUT2D eigenvalue weighted by atomic mass is 19.1. The Bertz CT molecular complexity index is 518. The lowest BCUT2D eigenvalue weighted by atomic mass is 9.94. The van der Waals surface area contributed by atoms with Crippen molar-refractivity contribution in [2.24, 2.45) is 11.8 Å². The Labute approximate surface area is 123 Å². The molecule has 0 radical (unpaired) electrons. The van der Waals surface area contributed by atoms with E-state index in [0.29, 0.717) is 12.3 Å². The van der Waals surface area contributed by atoms with E-state index in [0.717, 1.165) is 6.07 Å². The topological polar surface area (TPSA) is 92.4 Å². The Morgan fingerprint density at radius 2 is 2.05 bits per heavy atom. The fourth-order valence-corrected chi connectivity index (χ4v) is 2.20. The van der Waals surface area contributed by atoms with Crippen LogP contribution >= 0.6 is 0 Å². The van der Waals surface area contributed by atoms with Gasteiger partial charge in [0.1, 0.15) is 5.82 Å². The maximum absolute atomic E-state index is 13.6. The molecule has 5 nitrogen and oxygen atoms in total. The van der Waals surface area contributed by atoms with Gasteiger partial charge >= 0.3 is 5.97 Å². The van der Waals surface area contributed by atoms with Gasteiger partial charge in [0.25, 0.3) is 5.91 Å². The third-order valence-corrected chi connectivity index (χ3v) is 3.06. The Morgan fingerprint density at radius 1 is 1.38 bits per heavy atom. The number of aliphatic carboxylic acids is 1. The van der Waals surface area contributed by atoms with Gasteiger partial charge in [0.05, 0.1) is 5.56 Å². The van der Waals surface area contributed by atoms with Crippen LogP contribution < -0.4 is 11.1 Å². The molecule has 1 rings (SSSR count). The minimum atomic E-state index is -0.909. The molecular weight excluding hydrogens is 275 g/mol. The van der Waals surface area contributed by atoms with Gasteiger partial charge in [0.15, 0.2) is 0 Å². The summed E-state index contributed by atoms with van der Waals surface area (Å²) in [6.07, 6.45) is 0.652. The number of amides is 1. The zero-order valence-corrected chi connectivity index (χ0v) is 12.2. The van der Waals surface area contributed by atoms with Crippen LogP contribution in [0.1, 0.15) is 37.0 Å². The molecule has 0 aliphatic carbocycles. The van der Waals surface area contributed by atoms with Crippen molar-refractivity contribution in [3.63, 3.8) is 0 Å². The van der Waals surface area contributed by atoms with Crippen molar-refractivity contribution in [3.05, 3.63) is 29.6 Å². The number of hydrogen-bond donors (Lipinski definition) is 3. The molecule has 4 N–H and O–H groups in total. The summed E-state index contributed by atoms with van der Waals surface area (Å²) in [5.74, 6) is -2.02. The normalized spacial score (nSPS) is 12.2. The minimum absolute atomic E-state index is 0.0251. The molecule has 21 heavy (non-hydrogen) atoms. The van der Waals surface area contributed by atoms with E-state index in [2.05, 4.69) is 5.32 Å². The van der Waals surface area contributed by atoms with E-state index in [-0.39, 0.29) is 30.1 Å². The minimum Gasteiger partial charge on any atom is -0.481 e. The molecule has 116 valence electrons. The van der Waals surface area contributed by atoms with Gasteiger partial charge in [0.2, 0.25) is 0 Å². The molecule has 6 heteroatoms. The van der Waals surface area contributed by atoms with Crippen LogP contribution in [0, 0.1) is 17.7 Å². The lowest BCUT2D eigenvalue weighted by Gasteiger charge is -2.18. The lowest BCUT2D eigenvalue weighted by molar-refractivity contribution is -0.138. The van der Waals surface area contributed by atoms with Gasteiger partial charge in [-0.25, -0.2) is 4.39 Å². The molecule has 1 aromatic rings. The first-order chi connectivity index (χ1) is 9.79. The highest BCUT2D eigenvalue weighted by molar-refractivity contribution is 5.94. The molecular formula is C15H21FN2O3. The van der Waals surface area contributed by atoms with Gasteiger partial charge < -0.3 is 16.2 Å². The number of benzene rings is 1. The van der Waals surface area contributed by atoms with E-state index < -0.39 is 17.7 Å². The molecule has 0 saturated carbocycles. The SMILES string of the molecule is CC(C)CC(CNC(=O)c1ccc(N)cc1F)CC(=O)O. The van der Waals surface area contributed by atoms with Gasteiger partial charge in [0, 0.05) is 18.7 Å². The molecule has 0 heterocycles. The third kappa shape index (κ3) is 5.81. The Kier molecular flexibility index (Phi) is 6.14. The first-order valence-electron chi connectivity index (χ1n) is 6.84. The summed E-state index contributed by atoms with van der Waals surface area (Å²) in [5, 5.41) is 11.5. The van der Waals surface area contributed by atoms with Crippen molar-refractivity contribution in [2.45, 2.75) is 26.7 Å². The van der Waals surface area contributed by atoms with Gasteiger partial charge in [-0.3, -0.25) is 9.59 Å². The van der Waals surface area contributed by atoms with E-state index in [1.165, 1.54) is 12.1 Å². The number of nitrogens with one attached hydrogen (secondary N) is 1. The molecule has 0 aliphatic heterocycles. The van der Waals surface area contributed by atoms with Crippen molar-refractivity contribution in [2.75, 3.05) is 12.3 Å². The van der Waals surface area contributed by atoms with Crippen LogP contribution in [0.2, 0.25) is 0 Å². The Hall–Kier alpha value is -2.11. The van der Waals surface area contributed by atoms with Crippen molar-refractivity contribution in [3.8, 4) is 0 Å². The standard InChI is InChI=1S/C15H21FN2O3/c1-9(2)5-10(6-14(19)20)8-18-15(21)12-4-3-11(17)7-13(12)16/h3-4,7,9-10H,5-6,8,17H2,1-2H3,(H,18,21)(H,19,20). The highest BCUT2D eigenvalue weighted by Crippen LogP contribution is 2.16. The van der Waals surface area contributed by atoms with Crippen LogP contribution in [0.4, 0.5) is 10.1 Å². The molecule has 1 amide bonds. The van der Waals surface area contributed by atoms with Crippen molar-refractivity contribution in [1.82, 2.24) is 5.32 Å². The maximum Gasteiger partial charge on any atom is 0.303 e. The third-order valence-electron chi connectivity index (χ3n) is 3.06. The average molecular weight is 296 g/mol. The molecule has 0 spiro atoms. The molecule has 1 unspecified atom stereocenters. The average Bonchev–Trinajstić information content (AvgIpc) is 2.34. The number of anilines is 1. The zero-order valence-electron chi connectivity index (χ0n) is 12.2. The van der Waals surface area contributed by atoms with Gasteiger partial charge in [-0.2, -0.15) is 0 Å². The summed E-state index contributed by atoms with van der Waals surface area (Å²) in [6.45, 7) is 4.17. The quantitative estimate of drug-likeness (QED) is 0.673. The molecule has 0 aromatic heterocycles. The number of carboxylic acid groups (broad SMARTS) is 1. The Balaban J connectivity index is 2.65. The monoisotopic (exact) mass is 296 g/mol. The molecule has 0 bridgehead atoms. The van der Waals surface area contributed by atoms with Crippen LogP contribution in [0.3, 0.4) is 0 Å². The van der Waals surface area contributed by atoms with Gasteiger partial charge in [-0.15, -0.1) is 0 Å². The van der Waals surface area contributed by atoms with E-state index in [1.54, 1.807) is 0 Å². The van der Waals surface area contributed by atoms with E-state index in [4.69, 9.17) is 10.8 Å². The summed E-state index contributed by atoms with van der Waals surface area (Å²) in [5.41, 5.74) is 5.57. The van der Waals surface area contributed by atoms with Crippen LogP contribution in [-0.4, -0.2) is 23.5 Å². The Morgan fingerprint density at radius 3 is 2.57 bits per heavy atom. The second-order valence-electron chi connectivity index (χ2n) is 5.54. The first-order valence-corrected chi connectivity index (χ1v) is 6.84. The van der Waals surface area contributed by atoms with Crippen molar-refractivity contribution < 1.29 is 19.1 Å². The van der Waals surface area contributed by atoms with Crippen LogP contribution in [-0.2, 0) is 4.79 Å². The fraction of sp³-hybridized carbons (Fsp3) is 0.467. The number of nitrogen functional groups attached to an aromatic ring is 1. The zero-order chi connectivity index (χ0) is 16.0. The lowest BCUT2D eigenvalue weighted by Crippen LogP contribution is -2.31. The molecule has 0 saturated heterocycles. The second-order valence-corrected chi connectivity index (χ2v) is 5.54. The van der Waals surface area contributed by atoms with E-state index in [1.807, 2.05) is 13.8 Å². The largest absolute Gasteiger partial charge is 0.481 e. The molecule has 0 fully saturated rings. The number of carboxylic acids is 1. The summed E-state index contributed by atoms with van der Waals surface area (Å²) >= 11 is 0. The number of carbonyl (C=O) groups is 2. The van der Waals surface area contributed by atoms with Crippen LogP contribution in [0.5, 0.6) is 0 Å². The summed E-state index contributed by atoms with van der Waals surface area (Å²) < 4.78 is 13.6.